The lowest BCUT2D eigenvalue weighted by Gasteiger charge is -2.23. The normalized spacial score (nSPS) is 14.3. The third-order valence-corrected chi connectivity index (χ3v) is 9.29. The van der Waals surface area contributed by atoms with Crippen molar-refractivity contribution < 1.29 is 0 Å². The van der Waals surface area contributed by atoms with E-state index in [9.17, 15) is 0 Å². The maximum Gasteiger partial charge on any atom is 0.159 e. The highest BCUT2D eigenvalue weighted by Gasteiger charge is 2.21. The summed E-state index contributed by atoms with van der Waals surface area (Å²) < 4.78 is 2.39. The fourth-order valence-corrected chi connectivity index (χ4v) is 6.88. The first kappa shape index (κ1) is 28.7. The molecule has 1 atom stereocenters. The topological polar surface area (TPSA) is 41.7 Å². The Labute approximate surface area is 285 Å². The third-order valence-electron chi connectivity index (χ3n) is 9.29. The molecule has 0 saturated carbocycles. The van der Waals surface area contributed by atoms with Crippen LogP contribution in [0.15, 0.2) is 192 Å². The molecule has 0 amide bonds. The lowest BCUT2D eigenvalue weighted by molar-refractivity contribution is 0.674. The molecule has 8 aromatic rings. The van der Waals surface area contributed by atoms with Crippen LogP contribution in [0.2, 0.25) is 0 Å². The van der Waals surface area contributed by atoms with E-state index in [0.29, 0.717) is 5.84 Å². The van der Waals surface area contributed by atoms with Gasteiger partial charge < -0.3 is 9.88 Å². The fourth-order valence-electron chi connectivity index (χ4n) is 6.88. The van der Waals surface area contributed by atoms with Crippen LogP contribution in [0.5, 0.6) is 0 Å². The van der Waals surface area contributed by atoms with Gasteiger partial charge in [0.15, 0.2) is 5.84 Å². The molecule has 1 N–H and O–H groups in total. The Balaban J connectivity index is 1.15. The molecule has 1 aliphatic heterocycles. The van der Waals surface area contributed by atoms with E-state index in [1.807, 2.05) is 36.4 Å². The molecule has 0 saturated heterocycles. The van der Waals surface area contributed by atoms with Crippen molar-refractivity contribution in [2.45, 2.75) is 6.17 Å². The van der Waals surface area contributed by atoms with Crippen molar-refractivity contribution in [3.05, 3.63) is 199 Å². The van der Waals surface area contributed by atoms with Gasteiger partial charge in [0.1, 0.15) is 12.0 Å². The number of hydrogen-bond donors (Lipinski definition) is 1. The van der Waals surface area contributed by atoms with E-state index in [2.05, 4.69) is 155 Å². The minimum Gasteiger partial charge on any atom is -0.344 e. The summed E-state index contributed by atoms with van der Waals surface area (Å²) in [7, 11) is 0. The number of fused-ring (bicyclic) bond motifs is 3. The number of amidine groups is 2. The molecule has 1 unspecified atom stereocenters. The molecule has 9 rings (SSSR count). The second-order valence-electron chi connectivity index (χ2n) is 12.3. The van der Waals surface area contributed by atoms with Crippen molar-refractivity contribution in [1.82, 2.24) is 9.88 Å². The smallest absolute Gasteiger partial charge is 0.159 e. The Hall–Kier alpha value is -6.52. The molecule has 0 aliphatic carbocycles. The Morgan fingerprint density at radius 2 is 1.02 bits per heavy atom. The SMILES string of the molecule is c1ccc(C2=NC(c3ccc(-n4c5ccccc5c5cccc(-c6ccc(-c7ccccc7)cc6)c54)cc3)=NC(c3ccccc3)N2)cc1. The molecule has 4 nitrogen and oxygen atoms in total. The predicted octanol–water partition coefficient (Wildman–Crippen LogP) is 10.6. The maximum atomic E-state index is 5.08. The first-order valence-electron chi connectivity index (χ1n) is 16.6. The summed E-state index contributed by atoms with van der Waals surface area (Å²) in [6.45, 7) is 0. The van der Waals surface area contributed by atoms with Crippen molar-refractivity contribution in [3.63, 3.8) is 0 Å². The van der Waals surface area contributed by atoms with Gasteiger partial charge in [-0.2, -0.15) is 0 Å². The summed E-state index contributed by atoms with van der Waals surface area (Å²) in [6.07, 6.45) is -0.239. The zero-order valence-electron chi connectivity index (χ0n) is 26.7. The molecule has 0 spiro atoms. The van der Waals surface area contributed by atoms with Gasteiger partial charge in [0.25, 0.3) is 0 Å². The van der Waals surface area contributed by atoms with Crippen LogP contribution >= 0.6 is 0 Å². The first-order valence-corrected chi connectivity index (χ1v) is 16.6. The second-order valence-corrected chi connectivity index (χ2v) is 12.3. The zero-order valence-corrected chi connectivity index (χ0v) is 26.7. The molecule has 0 fully saturated rings. The average molecular weight is 629 g/mol. The van der Waals surface area contributed by atoms with Gasteiger partial charge in [0.2, 0.25) is 0 Å². The minimum atomic E-state index is -0.239. The number of benzene rings is 7. The van der Waals surface area contributed by atoms with Crippen LogP contribution < -0.4 is 5.32 Å². The molecule has 0 bridgehead atoms. The van der Waals surface area contributed by atoms with Gasteiger partial charge in [-0.3, -0.25) is 0 Å². The molecule has 1 aliphatic rings. The number of para-hydroxylation sites is 2. The second kappa shape index (κ2) is 12.3. The number of nitrogens with one attached hydrogen (secondary N) is 1. The highest BCUT2D eigenvalue weighted by molar-refractivity contribution is 6.15. The number of nitrogens with zero attached hydrogens (tertiary/aromatic N) is 3. The minimum absolute atomic E-state index is 0.239. The fraction of sp³-hybridized carbons (Fsp3) is 0.0222. The molecule has 4 heteroatoms. The van der Waals surface area contributed by atoms with Gasteiger partial charge in [0.05, 0.1) is 11.0 Å². The van der Waals surface area contributed by atoms with E-state index in [4.69, 9.17) is 9.98 Å². The van der Waals surface area contributed by atoms with Gasteiger partial charge >= 0.3 is 0 Å². The monoisotopic (exact) mass is 628 g/mol. The molecule has 7 aromatic carbocycles. The lowest BCUT2D eigenvalue weighted by atomic mass is 9.98. The zero-order chi connectivity index (χ0) is 32.6. The molecule has 2 heterocycles. The highest BCUT2D eigenvalue weighted by Crippen LogP contribution is 2.38. The third kappa shape index (κ3) is 5.30. The van der Waals surface area contributed by atoms with E-state index >= 15 is 0 Å². The standard InChI is InChI=1S/C45H32N4/c1-4-13-31(14-5-1)32-23-25-33(26-24-32)38-20-12-21-40-39-19-10-11-22-41(39)49(42(38)40)37-29-27-36(28-30-37)45-47-43(34-15-6-2-7-16-34)46-44(48-45)35-17-8-3-9-18-35/h1-30,43H,(H,46,47,48). The van der Waals surface area contributed by atoms with Gasteiger partial charge in [-0.15, -0.1) is 0 Å². The van der Waals surface area contributed by atoms with Gasteiger partial charge in [-0.1, -0.05) is 152 Å². The van der Waals surface area contributed by atoms with Crippen LogP contribution in [0, 0.1) is 0 Å². The molecule has 232 valence electrons. The van der Waals surface area contributed by atoms with Crippen molar-refractivity contribution in [2.75, 3.05) is 0 Å². The quantitative estimate of drug-likeness (QED) is 0.196. The molecular formula is C45H32N4. The van der Waals surface area contributed by atoms with Gasteiger partial charge in [0, 0.05) is 33.2 Å². The highest BCUT2D eigenvalue weighted by atomic mass is 15.2. The Bertz CT molecular complexity index is 2480. The summed E-state index contributed by atoms with van der Waals surface area (Å²) in [5, 5.41) is 6.02. The summed E-state index contributed by atoms with van der Waals surface area (Å²) in [4.78, 5) is 10.1. The lowest BCUT2D eigenvalue weighted by Crippen LogP contribution is -2.33. The van der Waals surface area contributed by atoms with E-state index in [1.165, 1.54) is 44.1 Å². The number of rotatable bonds is 6. The molecule has 1 aromatic heterocycles. The van der Waals surface area contributed by atoms with Crippen molar-refractivity contribution in [2.24, 2.45) is 9.98 Å². The summed E-state index contributed by atoms with van der Waals surface area (Å²) in [5.41, 5.74) is 11.4. The van der Waals surface area contributed by atoms with Crippen LogP contribution in [0.1, 0.15) is 22.9 Å². The Kier molecular flexibility index (Phi) is 7.17. The average Bonchev–Trinajstić information content (AvgIpc) is 3.53. The summed E-state index contributed by atoms with van der Waals surface area (Å²) in [6, 6.07) is 64.0. The molecular weight excluding hydrogens is 597 g/mol. The predicted molar refractivity (Wildman–Crippen MR) is 203 cm³/mol. The van der Waals surface area contributed by atoms with E-state index in [0.717, 1.165) is 28.2 Å². The molecule has 49 heavy (non-hydrogen) atoms. The number of aliphatic imine (C=N–C) groups is 2. The van der Waals surface area contributed by atoms with Crippen molar-refractivity contribution in [3.8, 4) is 27.9 Å². The summed E-state index contributed by atoms with van der Waals surface area (Å²) >= 11 is 0. The van der Waals surface area contributed by atoms with Crippen LogP contribution in [-0.4, -0.2) is 16.2 Å². The summed E-state index contributed by atoms with van der Waals surface area (Å²) in [5.74, 6) is 1.52. The van der Waals surface area contributed by atoms with E-state index in [1.54, 1.807) is 0 Å². The Morgan fingerprint density at radius 1 is 0.449 bits per heavy atom. The van der Waals surface area contributed by atoms with E-state index in [-0.39, 0.29) is 6.17 Å². The van der Waals surface area contributed by atoms with Crippen LogP contribution in [-0.2, 0) is 0 Å². The molecule has 0 radical (unpaired) electrons. The van der Waals surface area contributed by atoms with Gasteiger partial charge in [-0.05, 0) is 52.6 Å². The largest absolute Gasteiger partial charge is 0.344 e. The first-order chi connectivity index (χ1) is 24.3. The Morgan fingerprint density at radius 3 is 1.76 bits per heavy atom. The van der Waals surface area contributed by atoms with E-state index < -0.39 is 0 Å². The van der Waals surface area contributed by atoms with Gasteiger partial charge in [-0.25, -0.2) is 9.98 Å². The van der Waals surface area contributed by atoms with Crippen LogP contribution in [0.4, 0.5) is 0 Å². The van der Waals surface area contributed by atoms with Crippen LogP contribution in [0.25, 0.3) is 49.7 Å². The van der Waals surface area contributed by atoms with Crippen molar-refractivity contribution >= 4 is 33.5 Å². The number of hydrogen-bond acceptors (Lipinski definition) is 3. The maximum absolute atomic E-state index is 5.08. The van der Waals surface area contributed by atoms with Crippen LogP contribution in [0.3, 0.4) is 0 Å². The van der Waals surface area contributed by atoms with Crippen molar-refractivity contribution in [1.29, 1.82) is 0 Å². The number of aromatic nitrogens is 1.